The predicted octanol–water partition coefficient (Wildman–Crippen LogP) is 4.10. The largest absolute Gasteiger partial charge is 0.494 e. The lowest BCUT2D eigenvalue weighted by molar-refractivity contribution is 0.317. The van der Waals surface area contributed by atoms with E-state index in [9.17, 15) is 4.39 Å². The molecule has 0 bridgehead atoms. The van der Waals surface area contributed by atoms with E-state index >= 15 is 0 Å². The molecule has 1 unspecified atom stereocenters. The van der Waals surface area contributed by atoms with Crippen LogP contribution in [0.5, 0.6) is 5.75 Å². The highest BCUT2D eigenvalue weighted by molar-refractivity contribution is 5.59. The maximum absolute atomic E-state index is 13.1. The first kappa shape index (κ1) is 17.2. The van der Waals surface area contributed by atoms with Gasteiger partial charge in [-0.2, -0.15) is 5.10 Å². The highest BCUT2D eigenvalue weighted by Gasteiger charge is 2.16. The zero-order valence-corrected chi connectivity index (χ0v) is 14.2. The summed E-state index contributed by atoms with van der Waals surface area (Å²) in [5.74, 6) is 0.575. The molecule has 1 atom stereocenters. The van der Waals surface area contributed by atoms with Crippen molar-refractivity contribution in [3.8, 4) is 17.0 Å². The van der Waals surface area contributed by atoms with E-state index in [4.69, 9.17) is 10.5 Å². The standard InChI is InChI=1S/C20H22FN3O/c1-2-10-25-17-5-3-4-15(11-17)18(13-22)20-12-19(23-24-20)14-6-8-16(21)9-7-14/h3-9,11-12,18H,2,10,13,22H2,1H3,(H,23,24). The number of halogens is 1. The number of nitrogens with zero attached hydrogens (tertiary/aromatic N) is 1. The number of aromatic nitrogens is 2. The molecule has 130 valence electrons. The van der Waals surface area contributed by atoms with Gasteiger partial charge in [-0.05, 0) is 54.4 Å². The summed E-state index contributed by atoms with van der Waals surface area (Å²) in [5, 5.41) is 7.41. The summed E-state index contributed by atoms with van der Waals surface area (Å²) in [6.07, 6.45) is 0.964. The Hall–Kier alpha value is -2.66. The molecule has 1 aromatic heterocycles. The van der Waals surface area contributed by atoms with Crippen LogP contribution in [0.2, 0.25) is 0 Å². The summed E-state index contributed by atoms with van der Waals surface area (Å²) in [7, 11) is 0. The van der Waals surface area contributed by atoms with Crippen molar-refractivity contribution < 1.29 is 9.13 Å². The van der Waals surface area contributed by atoms with Gasteiger partial charge in [-0.3, -0.25) is 5.10 Å². The number of nitrogens with two attached hydrogens (primary N) is 1. The molecule has 0 fully saturated rings. The van der Waals surface area contributed by atoms with E-state index in [1.165, 1.54) is 12.1 Å². The highest BCUT2D eigenvalue weighted by atomic mass is 19.1. The van der Waals surface area contributed by atoms with Crippen LogP contribution in [0.3, 0.4) is 0 Å². The molecule has 0 aliphatic rings. The average molecular weight is 339 g/mol. The lowest BCUT2D eigenvalue weighted by atomic mass is 9.95. The van der Waals surface area contributed by atoms with Crippen LogP contribution < -0.4 is 10.5 Å². The second-order valence-electron chi connectivity index (χ2n) is 5.92. The fraction of sp³-hybridized carbons (Fsp3) is 0.250. The van der Waals surface area contributed by atoms with Gasteiger partial charge >= 0.3 is 0 Å². The van der Waals surface area contributed by atoms with Crippen LogP contribution in [0.1, 0.15) is 30.5 Å². The molecule has 25 heavy (non-hydrogen) atoms. The summed E-state index contributed by atoms with van der Waals surface area (Å²) in [4.78, 5) is 0. The van der Waals surface area contributed by atoms with Gasteiger partial charge in [-0.15, -0.1) is 0 Å². The van der Waals surface area contributed by atoms with E-state index in [0.717, 1.165) is 34.7 Å². The third-order valence-corrected chi connectivity index (χ3v) is 4.08. The van der Waals surface area contributed by atoms with Gasteiger partial charge in [0.25, 0.3) is 0 Å². The molecule has 1 heterocycles. The molecule has 0 saturated carbocycles. The molecule has 0 spiro atoms. The summed E-state index contributed by atoms with van der Waals surface area (Å²) >= 11 is 0. The first-order chi connectivity index (χ1) is 12.2. The number of aromatic amines is 1. The molecule has 0 aliphatic carbocycles. The molecule has 0 saturated heterocycles. The normalized spacial score (nSPS) is 12.1. The minimum absolute atomic E-state index is 0.00752. The number of ether oxygens (including phenoxy) is 1. The molecule has 0 aliphatic heterocycles. The van der Waals surface area contributed by atoms with E-state index in [2.05, 4.69) is 17.1 Å². The van der Waals surface area contributed by atoms with Crippen molar-refractivity contribution in [2.75, 3.05) is 13.2 Å². The molecular formula is C20H22FN3O. The van der Waals surface area contributed by atoms with Crippen LogP contribution in [0.4, 0.5) is 4.39 Å². The minimum Gasteiger partial charge on any atom is -0.494 e. The number of H-pyrrole nitrogens is 1. The van der Waals surface area contributed by atoms with Gasteiger partial charge in [0.05, 0.1) is 12.3 Å². The van der Waals surface area contributed by atoms with Crippen LogP contribution >= 0.6 is 0 Å². The molecule has 3 aromatic rings. The average Bonchev–Trinajstić information content (AvgIpc) is 3.11. The van der Waals surface area contributed by atoms with Gasteiger partial charge in [-0.1, -0.05) is 19.1 Å². The van der Waals surface area contributed by atoms with Crippen LogP contribution in [0.15, 0.2) is 54.6 Å². The summed E-state index contributed by atoms with van der Waals surface area (Å²) in [6, 6.07) is 16.2. The first-order valence-corrected chi connectivity index (χ1v) is 8.45. The van der Waals surface area contributed by atoms with Crippen LogP contribution in [0.25, 0.3) is 11.3 Å². The molecular weight excluding hydrogens is 317 g/mol. The second-order valence-corrected chi connectivity index (χ2v) is 5.92. The SMILES string of the molecule is CCCOc1cccc(C(CN)c2cc(-c3ccc(F)cc3)n[nH]2)c1. The maximum atomic E-state index is 13.1. The second kappa shape index (κ2) is 7.94. The van der Waals surface area contributed by atoms with E-state index in [1.54, 1.807) is 12.1 Å². The van der Waals surface area contributed by atoms with Crippen molar-refractivity contribution in [3.63, 3.8) is 0 Å². The van der Waals surface area contributed by atoms with Crippen molar-refractivity contribution in [2.24, 2.45) is 5.73 Å². The summed E-state index contributed by atoms with van der Waals surface area (Å²) in [6.45, 7) is 3.21. The van der Waals surface area contributed by atoms with E-state index in [1.807, 2.05) is 30.3 Å². The highest BCUT2D eigenvalue weighted by Crippen LogP contribution is 2.28. The molecule has 4 nitrogen and oxygen atoms in total. The van der Waals surface area contributed by atoms with Gasteiger partial charge < -0.3 is 10.5 Å². The third kappa shape index (κ3) is 4.06. The Bertz CT molecular complexity index is 814. The van der Waals surface area contributed by atoms with Crippen LogP contribution in [-0.2, 0) is 0 Å². The van der Waals surface area contributed by atoms with Crippen molar-refractivity contribution in [1.29, 1.82) is 0 Å². The Balaban J connectivity index is 1.85. The maximum Gasteiger partial charge on any atom is 0.123 e. The van der Waals surface area contributed by atoms with E-state index < -0.39 is 0 Å². The summed E-state index contributed by atoms with van der Waals surface area (Å²) < 4.78 is 18.8. The van der Waals surface area contributed by atoms with Gasteiger partial charge in [0.2, 0.25) is 0 Å². The fourth-order valence-electron chi connectivity index (χ4n) is 2.77. The molecule has 5 heteroatoms. The Morgan fingerprint density at radius 2 is 1.96 bits per heavy atom. The van der Waals surface area contributed by atoms with Crippen molar-refractivity contribution >= 4 is 0 Å². The summed E-state index contributed by atoms with van der Waals surface area (Å²) in [5.41, 5.74) is 9.65. The first-order valence-electron chi connectivity index (χ1n) is 8.45. The van der Waals surface area contributed by atoms with Crippen molar-refractivity contribution in [1.82, 2.24) is 10.2 Å². The smallest absolute Gasteiger partial charge is 0.123 e. The lowest BCUT2D eigenvalue weighted by Crippen LogP contribution is -2.14. The molecule has 3 rings (SSSR count). The Kier molecular flexibility index (Phi) is 5.46. The van der Waals surface area contributed by atoms with Crippen molar-refractivity contribution in [3.05, 3.63) is 71.7 Å². The Morgan fingerprint density at radius 1 is 1.16 bits per heavy atom. The lowest BCUT2D eigenvalue weighted by Gasteiger charge is -2.14. The Morgan fingerprint density at radius 3 is 2.68 bits per heavy atom. The Labute approximate surface area is 146 Å². The zero-order valence-electron chi connectivity index (χ0n) is 14.2. The van der Waals surface area contributed by atoms with Gasteiger partial charge in [0.1, 0.15) is 11.6 Å². The monoisotopic (exact) mass is 339 g/mol. The molecule has 0 radical (unpaired) electrons. The van der Waals surface area contributed by atoms with Crippen molar-refractivity contribution in [2.45, 2.75) is 19.3 Å². The fourth-order valence-corrected chi connectivity index (χ4v) is 2.77. The van der Waals surface area contributed by atoms with Crippen LogP contribution in [0, 0.1) is 5.82 Å². The zero-order chi connectivity index (χ0) is 17.6. The van der Waals surface area contributed by atoms with Gasteiger partial charge in [-0.25, -0.2) is 4.39 Å². The quantitative estimate of drug-likeness (QED) is 0.681. The molecule has 0 amide bonds. The number of hydrogen-bond acceptors (Lipinski definition) is 3. The molecule has 3 N–H and O–H groups in total. The number of hydrogen-bond donors (Lipinski definition) is 2. The van der Waals surface area contributed by atoms with E-state index in [-0.39, 0.29) is 11.7 Å². The molecule has 2 aromatic carbocycles. The third-order valence-electron chi connectivity index (χ3n) is 4.08. The number of rotatable bonds is 7. The van der Waals surface area contributed by atoms with Crippen LogP contribution in [-0.4, -0.2) is 23.3 Å². The number of nitrogens with one attached hydrogen (secondary N) is 1. The number of benzene rings is 2. The van der Waals surface area contributed by atoms with E-state index in [0.29, 0.717) is 13.2 Å². The topological polar surface area (TPSA) is 63.9 Å². The van der Waals surface area contributed by atoms with Gasteiger partial charge in [0, 0.05) is 23.7 Å². The minimum atomic E-state index is -0.261. The predicted molar refractivity (Wildman–Crippen MR) is 97.1 cm³/mol. The van der Waals surface area contributed by atoms with Gasteiger partial charge in [0.15, 0.2) is 0 Å².